The zero-order valence-electron chi connectivity index (χ0n) is 37.4. The lowest BCUT2D eigenvalue weighted by atomic mass is 9.65. The number of non-ortho nitro benzene ring substituents is 1. The van der Waals surface area contributed by atoms with E-state index in [4.69, 9.17) is 19.9 Å². The van der Waals surface area contributed by atoms with Crippen LogP contribution in [0.1, 0.15) is 57.1 Å². The highest BCUT2D eigenvalue weighted by Crippen LogP contribution is 2.66. The minimum atomic E-state index is -2.17. The van der Waals surface area contributed by atoms with Crippen molar-refractivity contribution in [3.05, 3.63) is 207 Å². The molecule has 0 aliphatic carbocycles. The van der Waals surface area contributed by atoms with Crippen LogP contribution >= 0.6 is 0 Å². The number of carbonyl (C=O) groups excluding carboxylic acids is 4. The van der Waals surface area contributed by atoms with E-state index in [2.05, 4.69) is 11.8 Å². The Bertz CT molecular complexity index is 2960. The predicted octanol–water partition coefficient (Wildman–Crippen LogP) is 6.94. The van der Waals surface area contributed by atoms with Crippen LogP contribution in [0, 0.1) is 27.9 Å². The number of primary amides is 1. The average molecular weight is 926 g/mol. The Kier molecular flexibility index (Phi) is 13.1. The number of anilines is 1. The van der Waals surface area contributed by atoms with Crippen molar-refractivity contribution in [1.82, 2.24) is 9.80 Å². The molecule has 3 heterocycles. The standard InChI is InChI=1S/C54H47N5O10/c1-56(33-36-14-5-2-6-15-36)29-13-16-35-25-28-43-42(32-35)54(52(63)57(43)53(64)68-34-37-23-26-40(27-24-37)59(65)66)45(50(55)61)47-51(62)69-48(39-19-9-4-10-20-39)46(38-17-7-3-8-18-38)58(47)49(54)41-21-11-12-22-44(41)67-31-30-60/h2-12,14-15,17-28,32,45-49,60H,29-31,33-34H2,1H3,(H2,55,61)/t45-,46-,47-,48+,49+,54-/m1/s1. The van der Waals surface area contributed by atoms with Gasteiger partial charge in [-0.15, -0.1) is 0 Å². The van der Waals surface area contributed by atoms with E-state index in [0.29, 0.717) is 40.9 Å². The van der Waals surface area contributed by atoms with E-state index in [0.717, 1.165) is 10.5 Å². The Morgan fingerprint density at radius 2 is 1.49 bits per heavy atom. The van der Waals surface area contributed by atoms with Crippen LogP contribution in [0.2, 0.25) is 0 Å². The lowest BCUT2D eigenvalue weighted by Crippen LogP contribution is -2.55. The van der Waals surface area contributed by atoms with Crippen molar-refractivity contribution in [3.8, 4) is 17.6 Å². The number of hydrogen-bond acceptors (Lipinski definition) is 12. The number of hydrogen-bond donors (Lipinski definition) is 2. The minimum absolute atomic E-state index is 0.0644. The second-order valence-electron chi connectivity index (χ2n) is 17.1. The van der Waals surface area contributed by atoms with Gasteiger partial charge in [0.2, 0.25) is 11.8 Å². The van der Waals surface area contributed by atoms with Gasteiger partial charge in [0.1, 0.15) is 36.5 Å². The number of para-hydroxylation sites is 1. The summed E-state index contributed by atoms with van der Waals surface area (Å²) in [5.41, 5.74) is 8.08. The minimum Gasteiger partial charge on any atom is -0.491 e. The summed E-state index contributed by atoms with van der Waals surface area (Å²) in [4.78, 5) is 76.2. The fraction of sp³-hybridized carbons (Fsp3) is 0.222. The van der Waals surface area contributed by atoms with Gasteiger partial charge in [-0.05, 0) is 71.3 Å². The second kappa shape index (κ2) is 19.6. The van der Waals surface area contributed by atoms with Crippen molar-refractivity contribution in [2.75, 3.05) is 31.7 Å². The van der Waals surface area contributed by atoms with E-state index in [-0.39, 0.29) is 42.5 Å². The lowest BCUT2D eigenvalue weighted by Gasteiger charge is -2.46. The van der Waals surface area contributed by atoms with Crippen molar-refractivity contribution < 1.29 is 43.4 Å². The number of carbonyl (C=O) groups is 4. The van der Waals surface area contributed by atoms with Crippen LogP contribution in [0.3, 0.4) is 0 Å². The number of aliphatic hydroxyl groups is 1. The molecule has 69 heavy (non-hydrogen) atoms. The third-order valence-corrected chi connectivity index (χ3v) is 12.9. The summed E-state index contributed by atoms with van der Waals surface area (Å²) in [6, 6.07) is 41.9. The molecular formula is C54H47N5O10. The molecule has 0 saturated carbocycles. The molecule has 3 N–H and O–H groups in total. The van der Waals surface area contributed by atoms with Gasteiger partial charge in [0, 0.05) is 29.8 Å². The maximum absolute atomic E-state index is 16.3. The van der Waals surface area contributed by atoms with Crippen LogP contribution in [0.25, 0.3) is 0 Å². The van der Waals surface area contributed by atoms with E-state index in [9.17, 15) is 24.8 Å². The number of nitrogens with two attached hydrogens (primary N) is 1. The molecule has 0 aromatic heterocycles. The number of nitro groups is 1. The number of nitro benzene ring substituents is 1. The molecule has 0 unspecified atom stereocenters. The van der Waals surface area contributed by atoms with Crippen LogP contribution in [0.5, 0.6) is 5.75 Å². The summed E-state index contributed by atoms with van der Waals surface area (Å²) in [7, 11) is 1.94. The smallest absolute Gasteiger partial charge is 0.421 e. The number of imide groups is 1. The molecule has 2 fully saturated rings. The fourth-order valence-electron chi connectivity index (χ4n) is 10.1. The first-order valence-corrected chi connectivity index (χ1v) is 22.3. The number of esters is 1. The van der Waals surface area contributed by atoms with Crippen LogP contribution in [-0.2, 0) is 42.4 Å². The van der Waals surface area contributed by atoms with Crippen molar-refractivity contribution in [3.63, 3.8) is 0 Å². The van der Waals surface area contributed by atoms with Crippen molar-refractivity contribution >= 4 is 35.3 Å². The topological polar surface area (TPSA) is 195 Å². The number of benzene rings is 6. The molecule has 348 valence electrons. The van der Waals surface area contributed by atoms with Gasteiger partial charge in [-0.2, -0.15) is 0 Å². The second-order valence-corrected chi connectivity index (χ2v) is 17.1. The first-order valence-electron chi connectivity index (χ1n) is 22.3. The van der Waals surface area contributed by atoms with E-state index in [1.165, 1.54) is 24.3 Å². The molecule has 0 radical (unpaired) electrons. The number of amides is 3. The molecule has 6 aromatic carbocycles. The van der Waals surface area contributed by atoms with Gasteiger partial charge < -0.3 is 25.1 Å². The number of aliphatic hydroxyl groups excluding tert-OH is 1. The number of nitrogens with zero attached hydrogens (tertiary/aromatic N) is 4. The molecule has 3 aliphatic rings. The molecule has 2 saturated heterocycles. The molecule has 15 heteroatoms. The predicted molar refractivity (Wildman–Crippen MR) is 253 cm³/mol. The molecule has 1 spiro atoms. The van der Waals surface area contributed by atoms with Crippen LogP contribution in [-0.4, -0.2) is 76.6 Å². The summed E-state index contributed by atoms with van der Waals surface area (Å²) in [5, 5.41) is 21.4. The van der Waals surface area contributed by atoms with E-state index < -0.39 is 64.4 Å². The van der Waals surface area contributed by atoms with Crippen LogP contribution < -0.4 is 15.4 Å². The molecule has 3 aliphatic heterocycles. The monoisotopic (exact) mass is 925 g/mol. The summed E-state index contributed by atoms with van der Waals surface area (Å²) in [6.45, 7) is 0.127. The number of cyclic esters (lactones) is 1. The maximum atomic E-state index is 16.3. The molecule has 6 aromatic rings. The summed E-state index contributed by atoms with van der Waals surface area (Å²) in [6.07, 6.45) is -2.09. The number of rotatable bonds is 13. The zero-order chi connectivity index (χ0) is 48.2. The Balaban J connectivity index is 1.26. The quantitative estimate of drug-likeness (QED) is 0.0525. The summed E-state index contributed by atoms with van der Waals surface area (Å²) >= 11 is 0. The number of fused-ring (bicyclic) bond motifs is 3. The van der Waals surface area contributed by atoms with E-state index >= 15 is 9.59 Å². The first kappa shape index (κ1) is 46.0. The van der Waals surface area contributed by atoms with Gasteiger partial charge >= 0.3 is 12.1 Å². The fourth-order valence-corrected chi connectivity index (χ4v) is 10.1. The van der Waals surface area contributed by atoms with Gasteiger partial charge in [-0.25, -0.2) is 9.69 Å². The summed E-state index contributed by atoms with van der Waals surface area (Å²) < 4.78 is 18.5. The average Bonchev–Trinajstić information content (AvgIpc) is 3.82. The Morgan fingerprint density at radius 3 is 2.16 bits per heavy atom. The van der Waals surface area contributed by atoms with Crippen molar-refractivity contribution in [1.29, 1.82) is 0 Å². The van der Waals surface area contributed by atoms with Crippen LogP contribution in [0.4, 0.5) is 16.2 Å². The molecule has 9 rings (SSSR count). The highest BCUT2D eigenvalue weighted by molar-refractivity contribution is 6.23. The third kappa shape index (κ3) is 8.57. The first-order chi connectivity index (χ1) is 33.5. The molecule has 6 atom stereocenters. The SMILES string of the molecule is CN(CC#Cc1ccc2c(c1)[C@]1(C(=O)N2C(=O)OCc2ccc([N+](=O)[O-])cc2)[C@H](c2ccccc2OCCO)N2[C@H](c3ccccc3)[C@H](c3ccccc3)OC(=O)[C@H]2[C@@H]1C(N)=O)Cc1ccccc1. The Hall–Kier alpha value is -8.16. The molecule has 15 nitrogen and oxygen atoms in total. The van der Waals surface area contributed by atoms with Gasteiger partial charge in [-0.1, -0.05) is 121 Å². The highest BCUT2D eigenvalue weighted by Gasteiger charge is 2.76. The number of morpholine rings is 1. The molecule has 3 amide bonds. The van der Waals surface area contributed by atoms with Crippen LogP contribution in [0.15, 0.2) is 158 Å². The summed E-state index contributed by atoms with van der Waals surface area (Å²) in [5.74, 6) is 2.29. The third-order valence-electron chi connectivity index (χ3n) is 12.9. The highest BCUT2D eigenvalue weighted by atomic mass is 16.6. The van der Waals surface area contributed by atoms with Crippen molar-refractivity contribution in [2.45, 2.75) is 42.8 Å². The zero-order valence-corrected chi connectivity index (χ0v) is 37.4. The Labute approximate surface area is 397 Å². The normalized spacial score (nSPS) is 21.5. The molecule has 0 bridgehead atoms. The molecular weight excluding hydrogens is 879 g/mol. The lowest BCUT2D eigenvalue weighted by molar-refractivity contribution is -0.384. The number of ether oxygens (including phenoxy) is 3. The Morgan fingerprint density at radius 1 is 0.841 bits per heavy atom. The van der Waals surface area contributed by atoms with Gasteiger partial charge in [0.25, 0.3) is 5.69 Å². The van der Waals surface area contributed by atoms with Gasteiger partial charge in [-0.3, -0.25) is 34.3 Å². The van der Waals surface area contributed by atoms with E-state index in [1.54, 1.807) is 42.5 Å². The van der Waals surface area contributed by atoms with Gasteiger partial charge in [0.15, 0.2) is 0 Å². The van der Waals surface area contributed by atoms with Gasteiger partial charge in [0.05, 0.1) is 41.8 Å². The van der Waals surface area contributed by atoms with Crippen molar-refractivity contribution in [2.24, 2.45) is 11.7 Å². The van der Waals surface area contributed by atoms with E-state index in [1.807, 2.05) is 108 Å². The largest absolute Gasteiger partial charge is 0.491 e. The maximum Gasteiger partial charge on any atom is 0.421 e.